The molecule has 0 radical (unpaired) electrons. The van der Waals surface area contributed by atoms with Gasteiger partial charge in [-0.25, -0.2) is 0 Å². The lowest BCUT2D eigenvalue weighted by molar-refractivity contribution is 0.0899. The van der Waals surface area contributed by atoms with Crippen LogP contribution in [0.25, 0.3) is 21.8 Å². The Labute approximate surface area is 289 Å². The average Bonchev–Trinajstić information content (AvgIpc) is 3.61. The largest absolute Gasteiger partial charge is 0.382 e. The third-order valence-corrected chi connectivity index (χ3v) is 10.5. The highest BCUT2D eigenvalue weighted by Crippen LogP contribution is 2.22. The van der Waals surface area contributed by atoms with Gasteiger partial charge >= 0.3 is 0 Å². The molecule has 0 aliphatic heterocycles. The molecule has 258 valence electrons. The number of hydrogen-bond donors (Lipinski definition) is 1. The summed E-state index contributed by atoms with van der Waals surface area (Å²) in [5.74, 6) is -0.0559. The first-order valence-corrected chi connectivity index (χ1v) is 23.5. The van der Waals surface area contributed by atoms with Gasteiger partial charge in [0.25, 0.3) is 0 Å². The molecule has 2 heterocycles. The van der Waals surface area contributed by atoms with Crippen molar-refractivity contribution >= 4 is 72.7 Å². The van der Waals surface area contributed by atoms with Crippen molar-refractivity contribution in [3.05, 3.63) is 72.1 Å². The van der Waals surface area contributed by atoms with Crippen molar-refractivity contribution in [1.29, 1.82) is 0 Å². The maximum atomic E-state index is 11.9. The third-order valence-electron chi connectivity index (χ3n) is 6.65. The van der Waals surface area contributed by atoms with Gasteiger partial charge in [0, 0.05) is 75.8 Å². The molecular formula is C35H55Cl2FN2O4Si2. The fourth-order valence-electron chi connectivity index (χ4n) is 4.09. The van der Waals surface area contributed by atoms with Gasteiger partial charge < -0.3 is 19.0 Å². The number of ketones is 2. The molecule has 0 fully saturated rings. The zero-order valence-corrected chi connectivity index (χ0v) is 31.4. The van der Waals surface area contributed by atoms with Gasteiger partial charge in [0.15, 0.2) is 11.6 Å². The summed E-state index contributed by atoms with van der Waals surface area (Å²) >= 11 is 11.2. The van der Waals surface area contributed by atoms with Crippen LogP contribution in [0.3, 0.4) is 0 Å². The van der Waals surface area contributed by atoms with E-state index in [0.717, 1.165) is 47.7 Å². The van der Waals surface area contributed by atoms with Crippen molar-refractivity contribution in [2.75, 3.05) is 38.7 Å². The van der Waals surface area contributed by atoms with Gasteiger partial charge in [-0.1, -0.05) is 83.1 Å². The van der Waals surface area contributed by atoms with Gasteiger partial charge in [0.1, 0.15) is 6.73 Å². The zero-order chi connectivity index (χ0) is 34.8. The van der Waals surface area contributed by atoms with Crippen LogP contribution in [0.4, 0.5) is 4.39 Å². The number of benzene rings is 2. The normalized spacial score (nSPS) is 11.2. The number of carbonyl (C=O) groups excluding carboxylic acids is 2. The van der Waals surface area contributed by atoms with Crippen molar-refractivity contribution in [2.24, 2.45) is 0 Å². The summed E-state index contributed by atoms with van der Waals surface area (Å²) in [7, 11) is -2.89. The number of nitrogens with zero attached hydrogens (tertiary/aromatic N) is 1. The molecule has 2 aromatic carbocycles. The monoisotopic (exact) mass is 713 g/mol. The van der Waals surface area contributed by atoms with Crippen LogP contribution in [0.5, 0.6) is 0 Å². The minimum atomic E-state index is -1.07. The van der Waals surface area contributed by atoms with Gasteiger partial charge in [-0.3, -0.25) is 14.0 Å². The minimum Gasteiger partial charge on any atom is -0.382 e. The quantitative estimate of drug-likeness (QED) is 0.0648. The van der Waals surface area contributed by atoms with Gasteiger partial charge in [0.05, 0.1) is 25.8 Å². The Morgan fingerprint density at radius 3 is 1.89 bits per heavy atom. The highest BCUT2D eigenvalue weighted by Gasteiger charge is 2.15. The van der Waals surface area contributed by atoms with Gasteiger partial charge in [-0.05, 0) is 31.1 Å². The Morgan fingerprint density at radius 1 is 0.848 bits per heavy atom. The summed E-state index contributed by atoms with van der Waals surface area (Å²) in [5.41, 5.74) is 3.33. The highest BCUT2D eigenvalue weighted by molar-refractivity contribution is 6.76. The Balaban J connectivity index is 0.000000696. The maximum Gasteiger partial charge on any atom is 0.179 e. The van der Waals surface area contributed by atoms with Crippen LogP contribution in [0.15, 0.2) is 60.9 Å². The Bertz CT molecular complexity index is 1470. The van der Waals surface area contributed by atoms with Gasteiger partial charge in [-0.2, -0.15) is 0 Å². The van der Waals surface area contributed by atoms with E-state index in [2.05, 4.69) is 44.3 Å². The number of ether oxygens (including phenoxy) is 2. The molecule has 0 bridgehead atoms. The standard InChI is InChI=1S/C16H22ClNO2Si.C10H8ClNO.C7H18OSi.CH3F.CH4/c1-21(2,3)9-8-20-12-18-11-14(16(19)10-17)13-6-4-5-7-15(13)18;11-5-10(13)8-6-12-9-4-2-1-3-7(8)9;1-5-8-6-7-9(2,3)4;1-2;/h4-7,11H,8-10,12H2,1-3H3;1-4,6,12H,5H2;5-7H2,1-4H3;1H3;1H4/i;;;1D;. The van der Waals surface area contributed by atoms with E-state index in [9.17, 15) is 14.0 Å². The second-order valence-electron chi connectivity index (χ2n) is 12.7. The number of halogens is 3. The number of fused-ring (bicyclic) bond motifs is 2. The number of hydrogen-bond acceptors (Lipinski definition) is 4. The predicted molar refractivity (Wildman–Crippen MR) is 203 cm³/mol. The van der Waals surface area contributed by atoms with E-state index in [1.165, 1.54) is 6.04 Å². The molecule has 2 aromatic heterocycles. The van der Waals surface area contributed by atoms with E-state index in [0.29, 0.717) is 17.9 Å². The zero-order valence-electron chi connectivity index (χ0n) is 28.9. The molecule has 0 aliphatic rings. The summed E-state index contributed by atoms with van der Waals surface area (Å²) in [6, 6.07) is 18.0. The first-order chi connectivity index (χ1) is 21.7. The minimum absolute atomic E-state index is 0. The lowest BCUT2D eigenvalue weighted by Gasteiger charge is -2.15. The van der Waals surface area contributed by atoms with E-state index in [1.807, 2.05) is 66.2 Å². The van der Waals surface area contributed by atoms with E-state index < -0.39 is 23.3 Å². The number of Topliss-reactive ketones (excluding diaryl/α,β-unsaturated/α-hetero) is 2. The summed E-state index contributed by atoms with van der Waals surface area (Å²) in [6.45, 7) is 19.2. The maximum absolute atomic E-state index is 11.9. The molecule has 6 nitrogen and oxygen atoms in total. The smallest absolute Gasteiger partial charge is 0.179 e. The molecule has 4 aromatic rings. The fraction of sp³-hybridized carbons (Fsp3) is 0.486. The summed E-state index contributed by atoms with van der Waals surface area (Å²) < 4.78 is 28.5. The van der Waals surface area contributed by atoms with E-state index >= 15 is 0 Å². The molecule has 0 unspecified atom stereocenters. The van der Waals surface area contributed by atoms with Crippen LogP contribution >= 0.6 is 23.2 Å². The van der Waals surface area contributed by atoms with Crippen molar-refractivity contribution in [3.63, 3.8) is 0 Å². The van der Waals surface area contributed by atoms with Crippen molar-refractivity contribution in [1.82, 2.24) is 9.55 Å². The molecule has 0 saturated heterocycles. The first-order valence-electron chi connectivity index (χ1n) is 15.8. The number of H-pyrrole nitrogens is 1. The lowest BCUT2D eigenvalue weighted by Crippen LogP contribution is -2.21. The molecular weight excluding hydrogens is 658 g/mol. The van der Waals surface area contributed by atoms with Crippen LogP contribution in [0, 0.1) is 0 Å². The summed E-state index contributed by atoms with van der Waals surface area (Å²) in [5, 5.41) is 1.88. The van der Waals surface area contributed by atoms with Gasteiger partial charge in [-0.15, -0.1) is 23.2 Å². The van der Waals surface area contributed by atoms with E-state index in [-0.39, 0.29) is 30.8 Å². The third kappa shape index (κ3) is 15.5. The van der Waals surface area contributed by atoms with Crippen LogP contribution in [-0.2, 0) is 16.2 Å². The predicted octanol–water partition coefficient (Wildman–Crippen LogP) is 10.5. The molecule has 0 saturated carbocycles. The molecule has 1 N–H and O–H groups in total. The van der Waals surface area contributed by atoms with Crippen LogP contribution in [0.2, 0.25) is 51.4 Å². The molecule has 4 rings (SSSR count). The van der Waals surface area contributed by atoms with Crippen LogP contribution in [0.1, 0.15) is 36.4 Å². The second-order valence-corrected chi connectivity index (χ2v) is 24.5. The summed E-state index contributed by atoms with van der Waals surface area (Å²) in [6.07, 6.45) is 3.55. The van der Waals surface area contributed by atoms with Crippen LogP contribution in [-0.4, -0.2) is 76.0 Å². The Kier molecular flexibility index (Phi) is 20.3. The lowest BCUT2D eigenvalue weighted by atomic mass is 10.1. The topological polar surface area (TPSA) is 73.3 Å². The number of alkyl halides is 3. The van der Waals surface area contributed by atoms with E-state index in [4.69, 9.17) is 34.0 Å². The Hall–Kier alpha value is -2.28. The molecule has 0 spiro atoms. The average molecular weight is 715 g/mol. The number of para-hydroxylation sites is 2. The second kappa shape index (κ2) is 22.3. The number of carbonyl (C=O) groups is 2. The Morgan fingerprint density at radius 2 is 1.35 bits per heavy atom. The number of nitrogens with one attached hydrogen (secondary N) is 1. The first kappa shape index (κ1) is 41.7. The molecule has 0 atom stereocenters. The molecule has 0 amide bonds. The van der Waals surface area contributed by atoms with E-state index in [1.54, 1.807) is 6.20 Å². The number of aromatic amines is 1. The molecule has 46 heavy (non-hydrogen) atoms. The van der Waals surface area contributed by atoms with Crippen LogP contribution < -0.4 is 0 Å². The highest BCUT2D eigenvalue weighted by atomic mass is 35.5. The summed E-state index contributed by atoms with van der Waals surface area (Å²) in [4.78, 5) is 26.3. The number of aromatic nitrogens is 2. The molecule has 0 aliphatic carbocycles. The SMILES string of the molecule is C.CCOCC[Si](C)(C)C.C[Si](C)(C)CCOCn1cc(C(=O)CCl)c2ccccc21.O=C(CCl)c1c[nH]c2ccccc12.[2H]CF. The fourth-order valence-corrected chi connectivity index (χ4v) is 5.89. The van der Waals surface area contributed by atoms with Crippen molar-refractivity contribution < 1.29 is 24.8 Å². The number of rotatable bonds is 13. The van der Waals surface area contributed by atoms with Crippen molar-refractivity contribution in [3.8, 4) is 0 Å². The van der Waals surface area contributed by atoms with Crippen molar-refractivity contribution in [2.45, 2.75) is 72.5 Å². The molecule has 11 heteroatoms. The van der Waals surface area contributed by atoms with Gasteiger partial charge in [0.2, 0.25) is 0 Å².